The number of anilines is 1. The molecule has 1 aromatic heterocycles. The van der Waals surface area contributed by atoms with Gasteiger partial charge < -0.3 is 14.7 Å². The van der Waals surface area contributed by atoms with E-state index in [9.17, 15) is 4.79 Å². The van der Waals surface area contributed by atoms with E-state index >= 15 is 0 Å². The Morgan fingerprint density at radius 3 is 3.19 bits per heavy atom. The van der Waals surface area contributed by atoms with Crippen LogP contribution in [0.3, 0.4) is 0 Å². The van der Waals surface area contributed by atoms with Crippen LogP contribution in [-0.4, -0.2) is 41.9 Å². The highest BCUT2D eigenvalue weighted by Crippen LogP contribution is 2.19. The Bertz CT molecular complexity index is 395. The molecule has 1 atom stereocenters. The molecule has 1 fully saturated rings. The highest BCUT2D eigenvalue weighted by Gasteiger charge is 2.22. The normalized spacial score (nSPS) is 20.8. The van der Waals surface area contributed by atoms with Crippen LogP contribution in [0.15, 0.2) is 18.3 Å². The lowest BCUT2D eigenvalue weighted by molar-refractivity contribution is 0.0524. The summed E-state index contributed by atoms with van der Waals surface area (Å²) >= 11 is 0. The van der Waals surface area contributed by atoms with Gasteiger partial charge in [0.1, 0.15) is 11.4 Å². The molecule has 86 valence electrons. The molecular formula is C11H14N2O3. The van der Waals surface area contributed by atoms with Gasteiger partial charge in [0.05, 0.1) is 12.7 Å². The lowest BCUT2D eigenvalue weighted by Crippen LogP contribution is -2.42. The van der Waals surface area contributed by atoms with Crippen molar-refractivity contribution in [1.29, 1.82) is 0 Å². The minimum atomic E-state index is -0.942. The molecule has 0 unspecified atom stereocenters. The number of aromatic carboxylic acids is 1. The number of hydrogen-bond acceptors (Lipinski definition) is 4. The van der Waals surface area contributed by atoms with E-state index in [0.29, 0.717) is 25.5 Å². The van der Waals surface area contributed by atoms with Gasteiger partial charge in [-0.1, -0.05) is 0 Å². The van der Waals surface area contributed by atoms with Crippen molar-refractivity contribution in [1.82, 2.24) is 4.98 Å². The number of aromatic nitrogens is 1. The molecule has 16 heavy (non-hydrogen) atoms. The van der Waals surface area contributed by atoms with Gasteiger partial charge >= 0.3 is 5.97 Å². The van der Waals surface area contributed by atoms with E-state index in [0.717, 1.165) is 0 Å². The van der Waals surface area contributed by atoms with E-state index in [4.69, 9.17) is 9.84 Å². The molecule has 0 aromatic carbocycles. The number of carbonyl (C=O) groups is 1. The predicted octanol–water partition coefficient (Wildman–Crippen LogP) is 1.00. The van der Waals surface area contributed by atoms with Gasteiger partial charge in [-0.15, -0.1) is 0 Å². The van der Waals surface area contributed by atoms with Crippen molar-refractivity contribution in [2.75, 3.05) is 24.6 Å². The Balaban J connectivity index is 2.28. The van der Waals surface area contributed by atoms with E-state index in [2.05, 4.69) is 4.98 Å². The molecular weight excluding hydrogens is 208 g/mol. The van der Waals surface area contributed by atoms with Gasteiger partial charge in [-0.05, 0) is 19.1 Å². The summed E-state index contributed by atoms with van der Waals surface area (Å²) in [6.07, 6.45) is 1.72. The van der Waals surface area contributed by atoms with Crippen LogP contribution in [0.5, 0.6) is 0 Å². The van der Waals surface area contributed by atoms with Crippen molar-refractivity contribution in [2.24, 2.45) is 0 Å². The molecule has 1 N–H and O–H groups in total. The average molecular weight is 222 g/mol. The molecule has 2 rings (SSSR count). The van der Waals surface area contributed by atoms with Crippen LogP contribution in [-0.2, 0) is 4.74 Å². The molecule has 0 spiro atoms. The van der Waals surface area contributed by atoms with Crippen LogP contribution in [0.25, 0.3) is 0 Å². The molecule has 2 heterocycles. The number of ether oxygens (including phenoxy) is 1. The zero-order valence-corrected chi connectivity index (χ0v) is 9.09. The van der Waals surface area contributed by atoms with Crippen LogP contribution in [0.1, 0.15) is 17.3 Å². The first-order valence-corrected chi connectivity index (χ1v) is 5.23. The number of hydrogen-bond donors (Lipinski definition) is 1. The average Bonchev–Trinajstić information content (AvgIpc) is 2.29. The number of morpholine rings is 1. The summed E-state index contributed by atoms with van der Waals surface area (Å²) in [5.74, 6) is -0.410. The summed E-state index contributed by atoms with van der Waals surface area (Å²) in [4.78, 5) is 17.2. The fourth-order valence-corrected chi connectivity index (χ4v) is 1.83. The van der Waals surface area contributed by atoms with E-state index in [1.165, 1.54) is 0 Å². The minimum absolute atomic E-state index is 0.109. The number of pyridine rings is 1. The number of nitrogens with zero attached hydrogens (tertiary/aromatic N) is 2. The van der Waals surface area contributed by atoms with Gasteiger partial charge in [-0.3, -0.25) is 0 Å². The van der Waals surface area contributed by atoms with Crippen molar-refractivity contribution in [3.05, 3.63) is 23.9 Å². The number of rotatable bonds is 2. The standard InChI is InChI=1S/C11H14N2O3/c1-8-7-13(5-6-16-8)10-9(11(14)15)3-2-4-12-10/h2-4,8H,5-7H2,1H3,(H,14,15)/t8-/m1/s1. The van der Waals surface area contributed by atoms with E-state index in [1.54, 1.807) is 18.3 Å². The maximum absolute atomic E-state index is 11.0. The summed E-state index contributed by atoms with van der Waals surface area (Å²) in [6.45, 7) is 3.94. The third-order valence-electron chi connectivity index (χ3n) is 2.56. The SMILES string of the molecule is C[C@@H]1CN(c2ncccc2C(=O)O)CCO1. The third kappa shape index (κ3) is 2.14. The fourth-order valence-electron chi connectivity index (χ4n) is 1.83. The van der Waals surface area contributed by atoms with Gasteiger partial charge in [-0.25, -0.2) is 9.78 Å². The monoisotopic (exact) mass is 222 g/mol. The highest BCUT2D eigenvalue weighted by molar-refractivity contribution is 5.93. The van der Waals surface area contributed by atoms with E-state index < -0.39 is 5.97 Å². The Morgan fingerprint density at radius 1 is 1.69 bits per heavy atom. The second-order valence-corrected chi connectivity index (χ2v) is 3.81. The zero-order chi connectivity index (χ0) is 11.5. The molecule has 0 bridgehead atoms. The summed E-state index contributed by atoms with van der Waals surface area (Å²) in [7, 11) is 0. The molecule has 0 aliphatic carbocycles. The quantitative estimate of drug-likeness (QED) is 0.809. The number of carboxylic acid groups (broad SMARTS) is 1. The molecule has 1 aliphatic heterocycles. The van der Waals surface area contributed by atoms with Gasteiger partial charge in [0.2, 0.25) is 0 Å². The van der Waals surface area contributed by atoms with Crippen LogP contribution >= 0.6 is 0 Å². The Kier molecular flexibility index (Phi) is 3.05. The van der Waals surface area contributed by atoms with Crippen LogP contribution in [0.4, 0.5) is 5.82 Å². The highest BCUT2D eigenvalue weighted by atomic mass is 16.5. The third-order valence-corrected chi connectivity index (χ3v) is 2.56. The first-order valence-electron chi connectivity index (χ1n) is 5.23. The van der Waals surface area contributed by atoms with Crippen molar-refractivity contribution in [3.63, 3.8) is 0 Å². The second kappa shape index (κ2) is 4.49. The maximum Gasteiger partial charge on any atom is 0.339 e. The maximum atomic E-state index is 11.0. The smallest absolute Gasteiger partial charge is 0.339 e. The summed E-state index contributed by atoms with van der Waals surface area (Å²) in [6, 6.07) is 3.21. The van der Waals surface area contributed by atoms with Gasteiger partial charge in [0.15, 0.2) is 0 Å². The molecule has 0 amide bonds. The molecule has 1 aromatic rings. The zero-order valence-electron chi connectivity index (χ0n) is 9.09. The lowest BCUT2D eigenvalue weighted by Gasteiger charge is -2.32. The van der Waals surface area contributed by atoms with Gasteiger partial charge in [0, 0.05) is 19.3 Å². The molecule has 1 saturated heterocycles. The van der Waals surface area contributed by atoms with Gasteiger partial charge in [0.25, 0.3) is 0 Å². The van der Waals surface area contributed by atoms with Crippen molar-refractivity contribution in [2.45, 2.75) is 13.0 Å². The second-order valence-electron chi connectivity index (χ2n) is 3.81. The largest absolute Gasteiger partial charge is 0.478 e. The first-order chi connectivity index (χ1) is 7.68. The summed E-state index contributed by atoms with van der Waals surface area (Å²) in [5, 5.41) is 9.06. The topological polar surface area (TPSA) is 62.7 Å². The molecule has 5 nitrogen and oxygen atoms in total. The fraction of sp³-hybridized carbons (Fsp3) is 0.455. The van der Waals surface area contributed by atoms with Crippen LogP contribution in [0, 0.1) is 0 Å². The predicted molar refractivity (Wildman–Crippen MR) is 58.8 cm³/mol. The Hall–Kier alpha value is -1.62. The molecule has 1 aliphatic rings. The van der Waals surface area contributed by atoms with Crippen LogP contribution < -0.4 is 4.90 Å². The van der Waals surface area contributed by atoms with Gasteiger partial charge in [-0.2, -0.15) is 0 Å². The Labute approximate surface area is 93.7 Å². The lowest BCUT2D eigenvalue weighted by atomic mass is 10.2. The number of carboxylic acids is 1. The molecule has 0 radical (unpaired) electrons. The van der Waals surface area contributed by atoms with E-state index in [-0.39, 0.29) is 11.7 Å². The van der Waals surface area contributed by atoms with Crippen molar-refractivity contribution < 1.29 is 14.6 Å². The minimum Gasteiger partial charge on any atom is -0.478 e. The van der Waals surface area contributed by atoms with E-state index in [1.807, 2.05) is 11.8 Å². The summed E-state index contributed by atoms with van der Waals surface area (Å²) in [5.41, 5.74) is 0.247. The first kappa shape index (κ1) is 10.9. The molecule has 0 saturated carbocycles. The van der Waals surface area contributed by atoms with Crippen molar-refractivity contribution >= 4 is 11.8 Å². The molecule has 5 heteroatoms. The summed E-state index contributed by atoms with van der Waals surface area (Å²) < 4.78 is 5.41. The van der Waals surface area contributed by atoms with Crippen molar-refractivity contribution in [3.8, 4) is 0 Å². The van der Waals surface area contributed by atoms with Crippen LogP contribution in [0.2, 0.25) is 0 Å². The Morgan fingerprint density at radius 2 is 2.50 bits per heavy atom.